The molecule has 2 amide bonds. The van der Waals surface area contributed by atoms with Crippen LogP contribution in [0.2, 0.25) is 0 Å². The number of nitrogens with one attached hydrogen (secondary N) is 1. The van der Waals surface area contributed by atoms with Crippen LogP contribution in [0.1, 0.15) is 18.4 Å². The summed E-state index contributed by atoms with van der Waals surface area (Å²) in [6.07, 6.45) is 2.20. The Morgan fingerprint density at radius 1 is 1.41 bits per heavy atom. The molecule has 1 saturated carbocycles. The van der Waals surface area contributed by atoms with E-state index in [1.807, 2.05) is 36.1 Å². The first-order chi connectivity index (χ1) is 8.20. The SMILES string of the molecule is Cc1ccc(NC(=O)N(CCN)C2CC2)cc1. The van der Waals surface area contributed by atoms with Gasteiger partial charge in [0.15, 0.2) is 0 Å². The van der Waals surface area contributed by atoms with Crippen LogP contribution in [-0.2, 0) is 0 Å². The largest absolute Gasteiger partial charge is 0.329 e. The number of nitrogens with two attached hydrogens (primary N) is 1. The average Bonchev–Trinajstić information content (AvgIpc) is 3.13. The van der Waals surface area contributed by atoms with Gasteiger partial charge in [-0.3, -0.25) is 0 Å². The normalized spacial score (nSPS) is 14.5. The lowest BCUT2D eigenvalue weighted by molar-refractivity contribution is 0.210. The van der Waals surface area contributed by atoms with E-state index in [0.717, 1.165) is 18.5 Å². The Balaban J connectivity index is 1.96. The van der Waals surface area contributed by atoms with Gasteiger partial charge in [-0.15, -0.1) is 0 Å². The second-order valence-corrected chi connectivity index (χ2v) is 4.51. The van der Waals surface area contributed by atoms with Gasteiger partial charge in [0.25, 0.3) is 0 Å². The summed E-state index contributed by atoms with van der Waals surface area (Å²) >= 11 is 0. The first-order valence-electron chi connectivity index (χ1n) is 6.05. The van der Waals surface area contributed by atoms with Gasteiger partial charge >= 0.3 is 6.03 Å². The van der Waals surface area contributed by atoms with E-state index in [1.165, 1.54) is 5.56 Å². The number of benzene rings is 1. The number of urea groups is 1. The minimum Gasteiger partial charge on any atom is -0.329 e. The molecule has 1 aliphatic carbocycles. The maximum absolute atomic E-state index is 12.0. The molecule has 0 aromatic heterocycles. The van der Waals surface area contributed by atoms with Crippen molar-refractivity contribution in [3.8, 4) is 0 Å². The Kier molecular flexibility index (Phi) is 3.64. The quantitative estimate of drug-likeness (QED) is 0.835. The van der Waals surface area contributed by atoms with Crippen molar-refractivity contribution in [2.45, 2.75) is 25.8 Å². The van der Waals surface area contributed by atoms with Crippen molar-refractivity contribution in [2.75, 3.05) is 18.4 Å². The van der Waals surface area contributed by atoms with Crippen LogP contribution in [0.4, 0.5) is 10.5 Å². The highest BCUT2D eigenvalue weighted by Crippen LogP contribution is 2.27. The molecule has 17 heavy (non-hydrogen) atoms. The van der Waals surface area contributed by atoms with Gasteiger partial charge in [-0.25, -0.2) is 4.79 Å². The van der Waals surface area contributed by atoms with Gasteiger partial charge in [0.1, 0.15) is 0 Å². The zero-order valence-electron chi connectivity index (χ0n) is 10.1. The average molecular weight is 233 g/mol. The topological polar surface area (TPSA) is 58.4 Å². The standard InChI is InChI=1S/C13H19N3O/c1-10-2-4-11(5-3-10)15-13(17)16(9-8-14)12-6-7-12/h2-5,12H,6-9,14H2,1H3,(H,15,17). The van der Waals surface area contributed by atoms with Crippen molar-refractivity contribution in [1.82, 2.24) is 4.90 Å². The smallest absolute Gasteiger partial charge is 0.322 e. The summed E-state index contributed by atoms with van der Waals surface area (Å²) in [5.41, 5.74) is 7.54. The van der Waals surface area contributed by atoms with Crippen LogP contribution < -0.4 is 11.1 Å². The minimum atomic E-state index is -0.0400. The molecule has 4 nitrogen and oxygen atoms in total. The van der Waals surface area contributed by atoms with Crippen LogP contribution in [0.3, 0.4) is 0 Å². The lowest BCUT2D eigenvalue weighted by Crippen LogP contribution is -2.40. The zero-order valence-corrected chi connectivity index (χ0v) is 10.1. The highest BCUT2D eigenvalue weighted by atomic mass is 16.2. The fourth-order valence-corrected chi connectivity index (χ4v) is 1.81. The molecule has 1 fully saturated rings. The fourth-order valence-electron chi connectivity index (χ4n) is 1.81. The molecule has 0 saturated heterocycles. The van der Waals surface area contributed by atoms with Gasteiger partial charge in [-0.2, -0.15) is 0 Å². The molecule has 0 unspecified atom stereocenters. The minimum absolute atomic E-state index is 0.0400. The first kappa shape index (κ1) is 11.9. The maximum Gasteiger partial charge on any atom is 0.322 e. The van der Waals surface area contributed by atoms with Crippen LogP contribution in [0.5, 0.6) is 0 Å². The number of anilines is 1. The van der Waals surface area contributed by atoms with E-state index >= 15 is 0 Å². The van der Waals surface area contributed by atoms with Crippen LogP contribution in [0.15, 0.2) is 24.3 Å². The molecule has 4 heteroatoms. The number of amides is 2. The second-order valence-electron chi connectivity index (χ2n) is 4.51. The second kappa shape index (κ2) is 5.19. The fraction of sp³-hybridized carbons (Fsp3) is 0.462. The highest BCUT2D eigenvalue weighted by Gasteiger charge is 2.31. The molecule has 2 rings (SSSR count). The number of rotatable bonds is 4. The summed E-state index contributed by atoms with van der Waals surface area (Å²) in [6.45, 7) is 3.16. The van der Waals surface area contributed by atoms with E-state index < -0.39 is 0 Å². The van der Waals surface area contributed by atoms with Gasteiger partial charge in [-0.05, 0) is 31.9 Å². The Labute approximate surface area is 102 Å². The van der Waals surface area contributed by atoms with Crippen molar-refractivity contribution in [2.24, 2.45) is 5.73 Å². The molecule has 0 radical (unpaired) electrons. The van der Waals surface area contributed by atoms with E-state index in [-0.39, 0.29) is 6.03 Å². The van der Waals surface area contributed by atoms with Crippen molar-refractivity contribution in [1.29, 1.82) is 0 Å². The number of carbonyl (C=O) groups excluding carboxylic acids is 1. The van der Waals surface area contributed by atoms with Gasteiger partial charge in [0.2, 0.25) is 0 Å². The summed E-state index contributed by atoms with van der Waals surface area (Å²) in [5, 5.41) is 2.91. The molecule has 0 aliphatic heterocycles. The Hall–Kier alpha value is -1.55. The van der Waals surface area contributed by atoms with E-state index in [1.54, 1.807) is 0 Å². The van der Waals surface area contributed by atoms with E-state index in [0.29, 0.717) is 19.1 Å². The molecular weight excluding hydrogens is 214 g/mol. The van der Waals surface area contributed by atoms with E-state index in [2.05, 4.69) is 5.32 Å². The van der Waals surface area contributed by atoms with Gasteiger partial charge in [0.05, 0.1) is 0 Å². The lowest BCUT2D eigenvalue weighted by Gasteiger charge is -2.22. The molecular formula is C13H19N3O. The van der Waals surface area contributed by atoms with E-state index in [9.17, 15) is 4.79 Å². The monoisotopic (exact) mass is 233 g/mol. The molecule has 0 heterocycles. The molecule has 3 N–H and O–H groups in total. The van der Waals surface area contributed by atoms with Crippen LogP contribution in [0, 0.1) is 6.92 Å². The van der Waals surface area contributed by atoms with Crippen LogP contribution in [0.25, 0.3) is 0 Å². The number of nitrogens with zero attached hydrogens (tertiary/aromatic N) is 1. The van der Waals surface area contributed by atoms with Crippen molar-refractivity contribution in [3.63, 3.8) is 0 Å². The van der Waals surface area contributed by atoms with E-state index in [4.69, 9.17) is 5.73 Å². The summed E-state index contributed by atoms with van der Waals surface area (Å²) in [6, 6.07) is 8.16. The van der Waals surface area contributed by atoms with Crippen molar-refractivity contribution < 1.29 is 4.79 Å². The molecule has 1 aromatic rings. The van der Waals surface area contributed by atoms with Gasteiger partial charge < -0.3 is 16.0 Å². The Bertz CT molecular complexity index is 384. The molecule has 0 atom stereocenters. The maximum atomic E-state index is 12.0. The third-order valence-corrected chi connectivity index (χ3v) is 2.92. The van der Waals surface area contributed by atoms with Gasteiger partial charge in [0, 0.05) is 24.8 Å². The predicted octanol–water partition coefficient (Wildman–Crippen LogP) is 1.95. The molecule has 92 valence electrons. The molecule has 0 spiro atoms. The molecule has 0 bridgehead atoms. The van der Waals surface area contributed by atoms with Gasteiger partial charge in [-0.1, -0.05) is 17.7 Å². The molecule has 1 aliphatic rings. The van der Waals surface area contributed by atoms with Crippen molar-refractivity contribution in [3.05, 3.63) is 29.8 Å². The Morgan fingerprint density at radius 3 is 2.59 bits per heavy atom. The zero-order chi connectivity index (χ0) is 12.3. The first-order valence-corrected chi connectivity index (χ1v) is 6.05. The van der Waals surface area contributed by atoms with Crippen LogP contribution >= 0.6 is 0 Å². The van der Waals surface area contributed by atoms with Crippen molar-refractivity contribution >= 4 is 11.7 Å². The molecule has 1 aromatic carbocycles. The van der Waals surface area contributed by atoms with Crippen LogP contribution in [-0.4, -0.2) is 30.1 Å². The Morgan fingerprint density at radius 2 is 2.06 bits per heavy atom. The number of hydrogen-bond donors (Lipinski definition) is 2. The summed E-state index contributed by atoms with van der Waals surface area (Å²) in [7, 11) is 0. The predicted molar refractivity (Wildman–Crippen MR) is 69.0 cm³/mol. The summed E-state index contributed by atoms with van der Waals surface area (Å²) in [4.78, 5) is 13.9. The third-order valence-electron chi connectivity index (χ3n) is 2.92. The number of hydrogen-bond acceptors (Lipinski definition) is 2. The third kappa shape index (κ3) is 3.20. The number of carbonyl (C=O) groups is 1. The lowest BCUT2D eigenvalue weighted by atomic mass is 10.2. The summed E-state index contributed by atoms with van der Waals surface area (Å²) < 4.78 is 0. The summed E-state index contributed by atoms with van der Waals surface area (Å²) in [5.74, 6) is 0. The highest BCUT2D eigenvalue weighted by molar-refractivity contribution is 5.89. The number of aryl methyl sites for hydroxylation is 1.